The standard InChI is InChI=1S/C33H37N5O2/c39-29-32(26-8-7-13-34-28(26)37-29)17-24-15-23-14-22(19-35-27(23)16-25(24)18-32)20-38-30(40)33(11-5-6-12-33)36-21-31(38)9-3-1-2-4-10-31/h7-8,13-16,19,36H,1-6,9-12,17-18,20-21H2,(H,34,37,39)/t32-/m0/s1. The van der Waals surface area contributed by atoms with Crippen LogP contribution < -0.4 is 10.6 Å². The molecule has 2 saturated carbocycles. The Hall–Kier alpha value is -3.32. The summed E-state index contributed by atoms with van der Waals surface area (Å²) in [5.41, 5.74) is 4.40. The lowest BCUT2D eigenvalue weighted by molar-refractivity contribution is -0.153. The molecule has 2 aliphatic heterocycles. The third-order valence-electron chi connectivity index (χ3n) is 10.8. The van der Waals surface area contributed by atoms with Crippen molar-refractivity contribution in [2.75, 3.05) is 11.9 Å². The Balaban J connectivity index is 1.13. The van der Waals surface area contributed by atoms with Gasteiger partial charge in [-0.25, -0.2) is 4.98 Å². The smallest absolute Gasteiger partial charge is 0.243 e. The van der Waals surface area contributed by atoms with Gasteiger partial charge in [-0.2, -0.15) is 0 Å². The number of carbonyl (C=O) groups excluding carboxylic acids is 2. The van der Waals surface area contributed by atoms with Gasteiger partial charge in [-0.15, -0.1) is 0 Å². The number of carbonyl (C=O) groups is 2. The van der Waals surface area contributed by atoms with E-state index in [9.17, 15) is 9.59 Å². The third-order valence-corrected chi connectivity index (χ3v) is 10.8. The number of pyridine rings is 2. The van der Waals surface area contributed by atoms with Crippen LogP contribution in [-0.2, 0) is 34.4 Å². The molecule has 8 rings (SSSR count). The normalized spacial score (nSPS) is 26.4. The van der Waals surface area contributed by atoms with Crippen molar-refractivity contribution >= 4 is 28.5 Å². The molecule has 3 fully saturated rings. The minimum absolute atomic E-state index is 0.0434. The molecule has 1 atom stereocenters. The van der Waals surface area contributed by atoms with Gasteiger partial charge in [0.15, 0.2) is 0 Å². The molecule has 206 valence electrons. The maximum absolute atomic E-state index is 14.2. The molecule has 0 unspecified atom stereocenters. The van der Waals surface area contributed by atoms with Crippen LogP contribution in [0.25, 0.3) is 10.9 Å². The summed E-state index contributed by atoms with van der Waals surface area (Å²) in [6.45, 7) is 1.53. The van der Waals surface area contributed by atoms with Crippen molar-refractivity contribution in [2.45, 2.75) is 100 Å². The number of nitrogens with one attached hydrogen (secondary N) is 2. The first kappa shape index (κ1) is 24.5. The molecular formula is C33H37N5O2. The Bertz CT molecular complexity index is 1540. The Morgan fingerprint density at radius 1 is 0.875 bits per heavy atom. The zero-order valence-electron chi connectivity index (χ0n) is 23.1. The number of hydrogen-bond donors (Lipinski definition) is 2. The first-order chi connectivity index (χ1) is 19.5. The van der Waals surface area contributed by atoms with Gasteiger partial charge in [0.2, 0.25) is 11.8 Å². The summed E-state index contributed by atoms with van der Waals surface area (Å²) in [4.78, 5) is 39.0. The molecule has 4 heterocycles. The summed E-state index contributed by atoms with van der Waals surface area (Å²) in [6, 6.07) is 10.6. The van der Waals surface area contributed by atoms with E-state index in [0.717, 1.165) is 67.1 Å². The number of anilines is 1. The van der Waals surface area contributed by atoms with Crippen molar-refractivity contribution in [1.29, 1.82) is 0 Å². The molecule has 1 saturated heterocycles. The van der Waals surface area contributed by atoms with Crippen LogP contribution in [0, 0.1) is 0 Å². The van der Waals surface area contributed by atoms with Gasteiger partial charge in [-0.05, 0) is 79.5 Å². The predicted octanol–water partition coefficient (Wildman–Crippen LogP) is 4.96. The van der Waals surface area contributed by atoms with E-state index in [4.69, 9.17) is 4.98 Å². The fourth-order valence-electron chi connectivity index (χ4n) is 8.64. The van der Waals surface area contributed by atoms with E-state index in [1.165, 1.54) is 36.8 Å². The molecule has 0 bridgehead atoms. The van der Waals surface area contributed by atoms with Crippen LogP contribution in [-0.4, -0.2) is 44.3 Å². The molecular weight excluding hydrogens is 498 g/mol. The van der Waals surface area contributed by atoms with Crippen LogP contribution in [0.1, 0.15) is 86.5 Å². The highest BCUT2D eigenvalue weighted by Gasteiger charge is 2.54. The van der Waals surface area contributed by atoms with Crippen molar-refractivity contribution in [3.05, 3.63) is 65.0 Å². The summed E-state index contributed by atoms with van der Waals surface area (Å²) in [7, 11) is 0. The lowest BCUT2D eigenvalue weighted by Crippen LogP contribution is -2.72. The van der Waals surface area contributed by atoms with Crippen molar-refractivity contribution in [1.82, 2.24) is 20.2 Å². The van der Waals surface area contributed by atoms with E-state index in [-0.39, 0.29) is 17.0 Å². The molecule has 2 amide bonds. The Kier molecular flexibility index (Phi) is 5.41. The van der Waals surface area contributed by atoms with Crippen LogP contribution in [0.4, 0.5) is 5.82 Å². The SMILES string of the molecule is O=C1N(Cc2cnc3cc4c(cc3c2)C[C@@]2(C4)C(=O)Nc3ncccc32)C2(CCCCCC2)CNC12CCCC2. The minimum Gasteiger partial charge on any atom is -0.330 e. The summed E-state index contributed by atoms with van der Waals surface area (Å²) >= 11 is 0. The van der Waals surface area contributed by atoms with E-state index in [2.05, 4.69) is 38.7 Å². The van der Waals surface area contributed by atoms with Crippen molar-refractivity contribution in [3.63, 3.8) is 0 Å². The molecule has 7 heteroatoms. The first-order valence-corrected chi connectivity index (χ1v) is 15.3. The maximum atomic E-state index is 14.2. The number of fused-ring (bicyclic) bond motifs is 4. The molecule has 3 spiro atoms. The monoisotopic (exact) mass is 535 g/mol. The average Bonchev–Trinajstić information content (AvgIpc) is 3.60. The molecule has 40 heavy (non-hydrogen) atoms. The fourth-order valence-corrected chi connectivity index (χ4v) is 8.64. The molecule has 7 nitrogen and oxygen atoms in total. The number of rotatable bonds is 2. The van der Waals surface area contributed by atoms with Gasteiger partial charge in [-0.3, -0.25) is 14.6 Å². The molecule has 2 N–H and O–H groups in total. The second-order valence-corrected chi connectivity index (χ2v) is 13.1. The summed E-state index contributed by atoms with van der Waals surface area (Å²) in [6.07, 6.45) is 16.3. The van der Waals surface area contributed by atoms with Crippen LogP contribution in [0.15, 0.2) is 42.7 Å². The van der Waals surface area contributed by atoms with Gasteiger partial charge in [0, 0.05) is 36.4 Å². The van der Waals surface area contributed by atoms with Crippen LogP contribution >= 0.6 is 0 Å². The van der Waals surface area contributed by atoms with Gasteiger partial charge in [0.05, 0.1) is 22.0 Å². The summed E-state index contributed by atoms with van der Waals surface area (Å²) < 4.78 is 0. The molecule has 5 aliphatic rings. The number of hydrogen-bond acceptors (Lipinski definition) is 5. The number of piperazine rings is 1. The van der Waals surface area contributed by atoms with Crippen molar-refractivity contribution < 1.29 is 9.59 Å². The summed E-state index contributed by atoms with van der Waals surface area (Å²) in [5.74, 6) is 1.05. The Morgan fingerprint density at radius 2 is 1.62 bits per heavy atom. The quantitative estimate of drug-likeness (QED) is 0.485. The highest BCUT2D eigenvalue weighted by molar-refractivity contribution is 6.06. The molecule has 3 aliphatic carbocycles. The second kappa shape index (κ2) is 8.84. The summed E-state index contributed by atoms with van der Waals surface area (Å²) in [5, 5.41) is 7.90. The number of nitrogens with zero attached hydrogens (tertiary/aromatic N) is 3. The van der Waals surface area contributed by atoms with E-state index in [1.807, 2.05) is 18.3 Å². The number of amides is 2. The fraction of sp³-hybridized carbons (Fsp3) is 0.515. The van der Waals surface area contributed by atoms with Crippen LogP contribution in [0.3, 0.4) is 0 Å². The molecule has 1 aromatic carbocycles. The lowest BCUT2D eigenvalue weighted by Gasteiger charge is -2.53. The predicted molar refractivity (Wildman–Crippen MR) is 154 cm³/mol. The van der Waals surface area contributed by atoms with Gasteiger partial charge in [0.1, 0.15) is 5.82 Å². The number of aromatic nitrogens is 2. The first-order valence-electron chi connectivity index (χ1n) is 15.3. The van der Waals surface area contributed by atoms with E-state index < -0.39 is 5.41 Å². The Labute approximate surface area is 235 Å². The van der Waals surface area contributed by atoms with Crippen molar-refractivity contribution in [2.24, 2.45) is 0 Å². The zero-order chi connectivity index (χ0) is 27.0. The molecule has 2 aromatic heterocycles. The van der Waals surface area contributed by atoms with E-state index in [0.29, 0.717) is 31.1 Å². The third kappa shape index (κ3) is 3.52. The molecule has 3 aromatic rings. The van der Waals surface area contributed by atoms with E-state index in [1.54, 1.807) is 6.20 Å². The average molecular weight is 536 g/mol. The largest absolute Gasteiger partial charge is 0.330 e. The van der Waals surface area contributed by atoms with Crippen LogP contribution in [0.5, 0.6) is 0 Å². The van der Waals surface area contributed by atoms with E-state index >= 15 is 0 Å². The zero-order valence-corrected chi connectivity index (χ0v) is 23.1. The molecule has 0 radical (unpaired) electrons. The highest BCUT2D eigenvalue weighted by atomic mass is 16.2. The highest BCUT2D eigenvalue weighted by Crippen LogP contribution is 2.47. The van der Waals surface area contributed by atoms with Gasteiger partial charge in [-0.1, -0.05) is 44.6 Å². The van der Waals surface area contributed by atoms with Gasteiger partial charge >= 0.3 is 0 Å². The van der Waals surface area contributed by atoms with Crippen molar-refractivity contribution in [3.8, 4) is 0 Å². The number of benzene rings is 1. The maximum Gasteiger partial charge on any atom is 0.243 e. The van der Waals surface area contributed by atoms with Crippen LogP contribution in [0.2, 0.25) is 0 Å². The van der Waals surface area contributed by atoms with Gasteiger partial charge in [0.25, 0.3) is 0 Å². The second-order valence-electron chi connectivity index (χ2n) is 13.1. The minimum atomic E-state index is -0.583. The lowest BCUT2D eigenvalue weighted by atomic mass is 9.79. The Morgan fingerprint density at radius 3 is 2.42 bits per heavy atom. The van der Waals surface area contributed by atoms with Gasteiger partial charge < -0.3 is 15.5 Å². The topological polar surface area (TPSA) is 87.2 Å².